The molecule has 4 rings (SSSR count). The van der Waals surface area contributed by atoms with Crippen LogP contribution in [0.1, 0.15) is 51.4 Å². The second kappa shape index (κ2) is 7.97. The van der Waals surface area contributed by atoms with Gasteiger partial charge in [-0.2, -0.15) is 5.26 Å². The van der Waals surface area contributed by atoms with Crippen molar-refractivity contribution < 1.29 is 18.3 Å². The standard InChI is InChI=1S/C24H20N2O4S/c1-15-10-16(13-25)11-19(23(15)21-4-2-3-9-26-21)14-31(29,30)22-12-18(24(27)28)7-8-20(22)17-5-6-17/h2-4,7-12,17H,5-6,14H2,1H3,(H,27,28). The Morgan fingerprint density at radius 2 is 1.97 bits per heavy atom. The van der Waals surface area contributed by atoms with E-state index in [1.807, 2.05) is 13.0 Å². The molecule has 2 aromatic carbocycles. The third-order valence-corrected chi connectivity index (χ3v) is 7.14. The number of aromatic nitrogens is 1. The molecule has 1 N–H and O–H groups in total. The van der Waals surface area contributed by atoms with Gasteiger partial charge in [-0.05, 0) is 78.8 Å². The second-order valence-corrected chi connectivity index (χ2v) is 9.70. The maximum absolute atomic E-state index is 13.5. The molecule has 0 bridgehead atoms. The Bertz CT molecular complexity index is 1320. The van der Waals surface area contributed by atoms with Gasteiger partial charge in [-0.3, -0.25) is 4.98 Å². The minimum atomic E-state index is -3.88. The topological polar surface area (TPSA) is 108 Å². The highest BCUT2D eigenvalue weighted by Gasteiger charge is 2.32. The molecule has 1 aromatic heterocycles. The minimum Gasteiger partial charge on any atom is -0.478 e. The van der Waals surface area contributed by atoms with E-state index in [-0.39, 0.29) is 22.1 Å². The van der Waals surface area contributed by atoms with Gasteiger partial charge in [0.2, 0.25) is 0 Å². The summed E-state index contributed by atoms with van der Waals surface area (Å²) in [6.07, 6.45) is 3.40. The number of pyridine rings is 1. The van der Waals surface area contributed by atoms with Gasteiger partial charge in [0, 0.05) is 11.8 Å². The average Bonchev–Trinajstić information content (AvgIpc) is 3.58. The minimum absolute atomic E-state index is 0.0573. The first-order valence-corrected chi connectivity index (χ1v) is 11.5. The van der Waals surface area contributed by atoms with E-state index in [0.29, 0.717) is 27.9 Å². The Morgan fingerprint density at radius 1 is 1.19 bits per heavy atom. The van der Waals surface area contributed by atoms with Crippen LogP contribution in [0.2, 0.25) is 0 Å². The van der Waals surface area contributed by atoms with E-state index in [4.69, 9.17) is 0 Å². The molecule has 0 unspecified atom stereocenters. The maximum atomic E-state index is 13.5. The van der Waals surface area contributed by atoms with Crippen LogP contribution in [0.4, 0.5) is 0 Å². The van der Waals surface area contributed by atoms with E-state index in [1.165, 1.54) is 12.1 Å². The number of carbonyl (C=O) groups is 1. The molecule has 1 aliphatic carbocycles. The van der Waals surface area contributed by atoms with Crippen molar-refractivity contribution >= 4 is 15.8 Å². The summed E-state index contributed by atoms with van der Waals surface area (Å²) in [7, 11) is -3.88. The number of sulfone groups is 1. The van der Waals surface area contributed by atoms with Gasteiger partial charge in [0.1, 0.15) is 0 Å². The Hall–Kier alpha value is -3.50. The van der Waals surface area contributed by atoms with Crippen LogP contribution in [0.3, 0.4) is 0 Å². The number of rotatable bonds is 6. The van der Waals surface area contributed by atoms with Crippen LogP contribution >= 0.6 is 0 Å². The van der Waals surface area contributed by atoms with Crippen molar-refractivity contribution in [2.24, 2.45) is 0 Å². The summed E-state index contributed by atoms with van der Waals surface area (Å²) in [5.74, 6) is -1.39. The summed E-state index contributed by atoms with van der Waals surface area (Å²) < 4.78 is 27.1. The van der Waals surface area contributed by atoms with Crippen LogP contribution < -0.4 is 0 Å². The molecule has 156 valence electrons. The van der Waals surface area contributed by atoms with Crippen LogP contribution in [0.15, 0.2) is 59.6 Å². The summed E-state index contributed by atoms with van der Waals surface area (Å²) in [6, 6.07) is 15.1. The first-order chi connectivity index (χ1) is 14.8. The van der Waals surface area contributed by atoms with Crippen molar-refractivity contribution in [1.82, 2.24) is 4.98 Å². The Kier molecular flexibility index (Phi) is 5.34. The highest BCUT2D eigenvalue weighted by Crippen LogP contribution is 2.44. The summed E-state index contributed by atoms with van der Waals surface area (Å²) in [4.78, 5) is 15.9. The summed E-state index contributed by atoms with van der Waals surface area (Å²) >= 11 is 0. The predicted octanol–water partition coefficient (Wildman–Crippen LogP) is 4.48. The lowest BCUT2D eigenvalue weighted by Crippen LogP contribution is -2.11. The molecule has 3 aromatic rings. The third kappa shape index (κ3) is 4.21. The number of carboxylic acid groups (broad SMARTS) is 1. The maximum Gasteiger partial charge on any atom is 0.335 e. The molecule has 1 aliphatic rings. The van der Waals surface area contributed by atoms with Gasteiger partial charge in [0.05, 0.1) is 33.5 Å². The molecule has 31 heavy (non-hydrogen) atoms. The SMILES string of the molecule is Cc1cc(C#N)cc(CS(=O)(=O)c2cc(C(=O)O)ccc2C2CC2)c1-c1ccccn1. The summed E-state index contributed by atoms with van der Waals surface area (Å²) in [5, 5.41) is 18.8. The lowest BCUT2D eigenvalue weighted by atomic mass is 9.97. The lowest BCUT2D eigenvalue weighted by Gasteiger charge is -2.16. The van der Waals surface area contributed by atoms with Crippen molar-refractivity contribution in [1.29, 1.82) is 5.26 Å². The number of nitriles is 1. The first kappa shape index (κ1) is 20.8. The molecule has 0 spiro atoms. The summed E-state index contributed by atoms with van der Waals surface area (Å²) in [5.41, 5.74) is 3.49. The highest BCUT2D eigenvalue weighted by molar-refractivity contribution is 7.90. The number of carboxylic acids is 1. The Balaban J connectivity index is 1.86. The smallest absolute Gasteiger partial charge is 0.335 e. The number of aryl methyl sites for hydroxylation is 1. The van der Waals surface area contributed by atoms with Crippen LogP contribution in [0.5, 0.6) is 0 Å². The van der Waals surface area contributed by atoms with Crippen LogP contribution in [0, 0.1) is 18.3 Å². The Labute approximate surface area is 180 Å². The van der Waals surface area contributed by atoms with Crippen molar-refractivity contribution in [2.75, 3.05) is 0 Å². The molecule has 1 heterocycles. The van der Waals surface area contributed by atoms with Gasteiger partial charge >= 0.3 is 5.97 Å². The molecule has 7 heteroatoms. The third-order valence-electron chi connectivity index (χ3n) is 5.43. The quantitative estimate of drug-likeness (QED) is 0.615. The van der Waals surface area contributed by atoms with E-state index in [9.17, 15) is 23.6 Å². The zero-order valence-electron chi connectivity index (χ0n) is 16.9. The van der Waals surface area contributed by atoms with Crippen molar-refractivity contribution in [3.63, 3.8) is 0 Å². The zero-order valence-corrected chi connectivity index (χ0v) is 17.7. The van der Waals surface area contributed by atoms with E-state index in [0.717, 1.165) is 18.4 Å². The molecular formula is C24H20N2O4S. The van der Waals surface area contributed by atoms with Crippen LogP contribution in [-0.2, 0) is 15.6 Å². The molecule has 0 atom stereocenters. The van der Waals surface area contributed by atoms with E-state index in [1.54, 1.807) is 36.5 Å². The zero-order chi connectivity index (χ0) is 22.2. The number of hydrogen-bond donors (Lipinski definition) is 1. The molecule has 0 amide bonds. The van der Waals surface area contributed by atoms with Crippen molar-refractivity contribution in [3.05, 3.63) is 82.5 Å². The van der Waals surface area contributed by atoms with Gasteiger partial charge < -0.3 is 5.11 Å². The monoisotopic (exact) mass is 432 g/mol. The summed E-state index contributed by atoms with van der Waals surface area (Å²) in [6.45, 7) is 1.82. The molecule has 0 saturated heterocycles. The first-order valence-electron chi connectivity index (χ1n) is 9.85. The van der Waals surface area contributed by atoms with E-state index < -0.39 is 15.8 Å². The van der Waals surface area contributed by atoms with E-state index >= 15 is 0 Å². The Morgan fingerprint density at radius 3 is 2.58 bits per heavy atom. The van der Waals surface area contributed by atoms with Crippen LogP contribution in [-0.4, -0.2) is 24.5 Å². The predicted molar refractivity (Wildman–Crippen MR) is 115 cm³/mol. The number of nitrogens with zero attached hydrogens (tertiary/aromatic N) is 2. The van der Waals surface area contributed by atoms with Crippen molar-refractivity contribution in [2.45, 2.75) is 36.3 Å². The number of hydrogen-bond acceptors (Lipinski definition) is 5. The molecule has 6 nitrogen and oxygen atoms in total. The van der Waals surface area contributed by atoms with E-state index in [2.05, 4.69) is 11.1 Å². The van der Waals surface area contributed by atoms with Gasteiger partial charge in [-0.25, -0.2) is 13.2 Å². The molecule has 1 saturated carbocycles. The number of aromatic carboxylic acids is 1. The largest absolute Gasteiger partial charge is 0.478 e. The second-order valence-electron chi connectivity index (χ2n) is 7.75. The average molecular weight is 433 g/mol. The van der Waals surface area contributed by atoms with Gasteiger partial charge in [-0.15, -0.1) is 0 Å². The van der Waals surface area contributed by atoms with Gasteiger partial charge in [0.25, 0.3) is 0 Å². The molecule has 1 fully saturated rings. The molecular weight excluding hydrogens is 412 g/mol. The van der Waals surface area contributed by atoms with Gasteiger partial charge in [-0.1, -0.05) is 12.1 Å². The normalized spacial score (nSPS) is 13.5. The fourth-order valence-electron chi connectivity index (χ4n) is 3.87. The molecule has 0 aliphatic heterocycles. The van der Waals surface area contributed by atoms with Crippen molar-refractivity contribution in [3.8, 4) is 17.3 Å². The number of benzene rings is 2. The van der Waals surface area contributed by atoms with Gasteiger partial charge in [0.15, 0.2) is 9.84 Å². The fourth-order valence-corrected chi connectivity index (χ4v) is 5.56. The lowest BCUT2D eigenvalue weighted by molar-refractivity contribution is 0.0696. The molecule has 0 radical (unpaired) electrons. The van der Waals surface area contributed by atoms with Crippen LogP contribution in [0.25, 0.3) is 11.3 Å². The fraction of sp³-hybridized carbons (Fsp3) is 0.208. The highest BCUT2D eigenvalue weighted by atomic mass is 32.2.